The van der Waals surface area contributed by atoms with E-state index in [2.05, 4.69) is 0 Å². The van der Waals surface area contributed by atoms with E-state index in [-0.39, 0.29) is 0 Å². The molecule has 0 aromatic carbocycles. The van der Waals surface area contributed by atoms with Gasteiger partial charge in [-0.3, -0.25) is 0 Å². The summed E-state index contributed by atoms with van der Waals surface area (Å²) in [6.45, 7) is 0. The molecule has 0 bridgehead atoms. The van der Waals surface area contributed by atoms with Crippen LogP contribution in [0, 0.1) is 0 Å². The van der Waals surface area contributed by atoms with Gasteiger partial charge in [0.15, 0.2) is 0 Å². The fourth-order valence-electron chi connectivity index (χ4n) is 1.51. The molecule has 0 aliphatic heterocycles. The highest BCUT2D eigenvalue weighted by molar-refractivity contribution is 5.43. The maximum atomic E-state index is 13.1. The molecule has 1 unspecified atom stereocenters. The van der Waals surface area contributed by atoms with Gasteiger partial charge in [0.05, 0.1) is 0 Å². The summed E-state index contributed by atoms with van der Waals surface area (Å²) in [5.41, 5.74) is -11.1. The van der Waals surface area contributed by atoms with E-state index in [9.17, 15) is 52.7 Å². The van der Waals surface area contributed by atoms with Crippen molar-refractivity contribution in [1.29, 1.82) is 0 Å². The van der Waals surface area contributed by atoms with Gasteiger partial charge in [-0.05, 0) is 0 Å². The first kappa shape index (κ1) is 16.0. The molecule has 12 heteroatoms. The van der Waals surface area contributed by atoms with Crippen molar-refractivity contribution in [2.24, 2.45) is 0 Å². The minimum absolute atomic E-state index is 4.28. The topological polar surface area (TPSA) is 0 Å². The number of hydrogen-bond acceptors (Lipinski definition) is 0. The van der Waals surface area contributed by atoms with Crippen molar-refractivity contribution >= 4 is 0 Å². The number of halogens is 12. The first-order chi connectivity index (χ1) is 8.07. The highest BCUT2D eigenvalue weighted by Gasteiger charge is 2.97. The predicted octanol–water partition coefficient (Wildman–Crippen LogP) is 4.33. The van der Waals surface area contributed by atoms with Crippen molar-refractivity contribution in [1.82, 2.24) is 0 Å². The summed E-state index contributed by atoms with van der Waals surface area (Å²) in [4.78, 5) is 0. The maximum Gasteiger partial charge on any atom is 0.433 e. The van der Waals surface area contributed by atoms with Crippen LogP contribution in [0.4, 0.5) is 52.7 Å². The van der Waals surface area contributed by atoms with Crippen molar-refractivity contribution in [2.75, 3.05) is 0 Å². The van der Waals surface area contributed by atoms with E-state index < -0.39 is 41.3 Å². The molecule has 1 rings (SSSR count). The molecule has 0 aromatic heterocycles. The van der Waals surface area contributed by atoms with Crippen LogP contribution < -0.4 is 0 Å². The normalized spacial score (nSPS) is 32.5. The summed E-state index contributed by atoms with van der Waals surface area (Å²) in [6, 6.07) is 0. The zero-order chi connectivity index (χ0) is 15.7. The largest absolute Gasteiger partial charge is 0.433 e. The summed E-state index contributed by atoms with van der Waals surface area (Å²) < 4.78 is 149. The van der Waals surface area contributed by atoms with Gasteiger partial charge in [0.1, 0.15) is 5.57 Å². The van der Waals surface area contributed by atoms with Gasteiger partial charge >= 0.3 is 29.6 Å². The van der Waals surface area contributed by atoms with Crippen molar-refractivity contribution in [2.45, 2.75) is 29.6 Å². The molecule has 0 N–H and O–H groups in total. The predicted molar refractivity (Wildman–Crippen MR) is 34.0 cm³/mol. The first-order valence-corrected chi connectivity index (χ1v) is 4.02. The molecule has 0 nitrogen and oxygen atoms in total. The van der Waals surface area contributed by atoms with Crippen LogP contribution in [0.25, 0.3) is 0 Å². The number of alkyl halides is 10. The Bertz CT molecular complexity index is 424. The quantitative estimate of drug-likeness (QED) is 0.584. The average molecular weight is 312 g/mol. The Balaban J connectivity index is 3.87. The molecule has 1 atom stereocenters. The molecule has 1 aliphatic rings. The summed E-state index contributed by atoms with van der Waals surface area (Å²) in [7, 11) is 0. The van der Waals surface area contributed by atoms with Crippen molar-refractivity contribution in [3.63, 3.8) is 0 Å². The lowest BCUT2D eigenvalue weighted by atomic mass is 9.95. The van der Waals surface area contributed by atoms with Crippen LogP contribution in [0.3, 0.4) is 0 Å². The maximum absolute atomic E-state index is 13.1. The van der Waals surface area contributed by atoms with Gasteiger partial charge in [-0.25, -0.2) is 4.39 Å². The van der Waals surface area contributed by atoms with Crippen LogP contribution in [0.2, 0.25) is 0 Å². The molecule has 1 fully saturated rings. The lowest BCUT2D eigenvalue weighted by Crippen LogP contribution is -2.58. The molecule has 1 aliphatic carbocycles. The average Bonchev–Trinajstić information content (AvgIpc) is 2.20. The number of hydrogen-bond donors (Lipinski definition) is 0. The Kier molecular flexibility index (Phi) is 2.95. The van der Waals surface area contributed by atoms with E-state index in [0.717, 1.165) is 0 Å². The first-order valence-electron chi connectivity index (χ1n) is 4.02. The molecule has 0 aromatic rings. The van der Waals surface area contributed by atoms with E-state index >= 15 is 0 Å². The third-order valence-corrected chi connectivity index (χ3v) is 2.46. The summed E-state index contributed by atoms with van der Waals surface area (Å²) in [5.74, 6) is -20.8. The molecule has 19 heavy (non-hydrogen) atoms. The Labute approximate surface area is 95.2 Å². The minimum atomic E-state index is -7.10. The molecule has 1 saturated carbocycles. The van der Waals surface area contributed by atoms with Gasteiger partial charge in [0.2, 0.25) is 0 Å². The SMILES string of the molecule is FC(F)=C1C(F)(F)C(F)(F)C(F)(F)C1(F)C(F)(F)F. The van der Waals surface area contributed by atoms with Gasteiger partial charge in [-0.15, -0.1) is 0 Å². The summed E-state index contributed by atoms with van der Waals surface area (Å²) in [6.07, 6.45) is -11.4. The van der Waals surface area contributed by atoms with Crippen molar-refractivity contribution < 1.29 is 52.7 Å². The van der Waals surface area contributed by atoms with Crippen LogP contribution in [0.5, 0.6) is 0 Å². The monoisotopic (exact) mass is 312 g/mol. The lowest BCUT2D eigenvalue weighted by molar-refractivity contribution is -0.333. The zero-order valence-corrected chi connectivity index (χ0v) is 8.04. The zero-order valence-electron chi connectivity index (χ0n) is 8.04. The van der Waals surface area contributed by atoms with Crippen molar-refractivity contribution in [3.8, 4) is 0 Å². The van der Waals surface area contributed by atoms with Gasteiger partial charge in [-0.1, -0.05) is 0 Å². The Morgan fingerprint density at radius 2 is 1.11 bits per heavy atom. The second-order valence-electron chi connectivity index (χ2n) is 3.51. The van der Waals surface area contributed by atoms with E-state index in [0.29, 0.717) is 0 Å². The lowest BCUT2D eigenvalue weighted by Gasteiger charge is -2.30. The van der Waals surface area contributed by atoms with Crippen LogP contribution in [-0.2, 0) is 0 Å². The molecule has 0 saturated heterocycles. The molecule has 0 radical (unpaired) electrons. The summed E-state index contributed by atoms with van der Waals surface area (Å²) in [5, 5.41) is 0. The smallest absolute Gasteiger partial charge is 0.221 e. The molecule has 0 heterocycles. The van der Waals surface area contributed by atoms with E-state index in [1.165, 1.54) is 0 Å². The highest BCUT2D eigenvalue weighted by atomic mass is 19.4. The van der Waals surface area contributed by atoms with Gasteiger partial charge < -0.3 is 0 Å². The van der Waals surface area contributed by atoms with Crippen LogP contribution in [0.15, 0.2) is 11.7 Å². The van der Waals surface area contributed by atoms with Crippen LogP contribution in [-0.4, -0.2) is 29.6 Å². The fraction of sp³-hybridized carbons (Fsp3) is 0.714. The molecule has 112 valence electrons. The van der Waals surface area contributed by atoms with E-state index in [1.807, 2.05) is 0 Å². The summed E-state index contributed by atoms with van der Waals surface area (Å²) >= 11 is 0. The van der Waals surface area contributed by atoms with Crippen LogP contribution >= 0.6 is 0 Å². The van der Waals surface area contributed by atoms with E-state index in [1.54, 1.807) is 0 Å². The van der Waals surface area contributed by atoms with Crippen molar-refractivity contribution in [3.05, 3.63) is 11.7 Å². The van der Waals surface area contributed by atoms with Gasteiger partial charge in [0.25, 0.3) is 6.08 Å². The number of rotatable bonds is 0. The minimum Gasteiger partial charge on any atom is -0.221 e. The van der Waals surface area contributed by atoms with Crippen LogP contribution in [0.1, 0.15) is 0 Å². The van der Waals surface area contributed by atoms with Gasteiger partial charge in [0, 0.05) is 0 Å². The van der Waals surface area contributed by atoms with E-state index in [4.69, 9.17) is 0 Å². The third kappa shape index (κ3) is 1.45. The highest BCUT2D eigenvalue weighted by Crippen LogP contribution is 2.69. The standard InChI is InChI=1S/C7F12/c8-2(9)1-3(10,7(17,18)19)5(13,14)6(15,16)4(1,11)12. The Hall–Kier alpha value is -1.10. The second-order valence-corrected chi connectivity index (χ2v) is 3.51. The van der Waals surface area contributed by atoms with Gasteiger partial charge in [-0.2, -0.15) is 48.3 Å². The molecular formula is C7F12. The Morgan fingerprint density at radius 3 is 1.32 bits per heavy atom. The molecular weight excluding hydrogens is 312 g/mol. The molecule has 0 amide bonds. The third-order valence-electron chi connectivity index (χ3n) is 2.46. The molecule has 0 spiro atoms. The fourth-order valence-corrected chi connectivity index (χ4v) is 1.51. The Morgan fingerprint density at radius 1 is 0.737 bits per heavy atom. The second kappa shape index (κ2) is 3.51. The number of allylic oxidation sites excluding steroid dienone is 1.